The summed E-state index contributed by atoms with van der Waals surface area (Å²) in [5, 5.41) is 0. The molecule has 0 spiro atoms. The minimum atomic E-state index is 0.494. The van der Waals surface area contributed by atoms with Crippen molar-refractivity contribution < 1.29 is 0 Å². The van der Waals surface area contributed by atoms with E-state index in [9.17, 15) is 0 Å². The van der Waals surface area contributed by atoms with Gasteiger partial charge in [0.15, 0.2) is 0 Å². The molecule has 0 saturated heterocycles. The molecule has 0 amide bonds. The lowest BCUT2D eigenvalue weighted by Gasteiger charge is -1.99. The van der Waals surface area contributed by atoms with Crippen LogP contribution in [0.25, 0.3) is 0 Å². The van der Waals surface area contributed by atoms with Crippen LogP contribution in [0.5, 0.6) is 0 Å². The maximum absolute atomic E-state index is 3.47. The average Bonchev–Trinajstić information content (AvgIpc) is 1.82. The highest BCUT2D eigenvalue weighted by molar-refractivity contribution is 9.09. The predicted octanol–water partition coefficient (Wildman–Crippen LogP) is 3.29. The Hall–Kier alpha value is -0.0400. The van der Waals surface area contributed by atoms with E-state index < -0.39 is 0 Å². The highest BCUT2D eigenvalue weighted by Crippen LogP contribution is 2.09. The third kappa shape index (κ3) is 4.46. The van der Waals surface area contributed by atoms with Crippen molar-refractivity contribution in [3.8, 4) is 0 Å². The Morgan fingerprint density at radius 2 is 2.11 bits per heavy atom. The first kappa shape index (κ1) is 8.96. The van der Waals surface area contributed by atoms with E-state index in [4.69, 9.17) is 0 Å². The molecule has 0 aromatic rings. The van der Waals surface area contributed by atoms with E-state index in [1.807, 2.05) is 19.1 Å². The van der Waals surface area contributed by atoms with Gasteiger partial charge in [0.2, 0.25) is 0 Å². The van der Waals surface area contributed by atoms with Gasteiger partial charge in [0.05, 0.1) is 0 Å². The molecule has 1 unspecified atom stereocenters. The van der Waals surface area contributed by atoms with Crippen molar-refractivity contribution in [2.75, 3.05) is 0 Å². The fourth-order valence-corrected chi connectivity index (χ4v) is 0.533. The molecule has 0 aliphatic carbocycles. The monoisotopic (exact) mass is 188 g/mol. The van der Waals surface area contributed by atoms with E-state index >= 15 is 0 Å². The summed E-state index contributed by atoms with van der Waals surface area (Å²) >= 11 is 3.47. The minimum absolute atomic E-state index is 0.494. The first-order valence-corrected chi connectivity index (χ1v) is 4.03. The van der Waals surface area contributed by atoms with E-state index in [-0.39, 0.29) is 0 Å². The molecule has 0 heterocycles. The van der Waals surface area contributed by atoms with Gasteiger partial charge in [0, 0.05) is 4.83 Å². The first-order chi connectivity index (χ1) is 4.18. The zero-order chi connectivity index (χ0) is 7.28. The van der Waals surface area contributed by atoms with E-state index in [1.165, 1.54) is 5.57 Å². The Morgan fingerprint density at radius 3 is 2.44 bits per heavy atom. The normalized spacial score (nSPS) is 16.7. The van der Waals surface area contributed by atoms with Crippen LogP contribution in [0, 0.1) is 0 Å². The molecule has 0 nitrogen and oxygen atoms in total. The van der Waals surface area contributed by atoms with E-state index in [1.54, 1.807) is 0 Å². The molecule has 1 heteroatoms. The smallest absolute Gasteiger partial charge is 0.0326 e. The van der Waals surface area contributed by atoms with Crippen LogP contribution < -0.4 is 0 Å². The summed E-state index contributed by atoms with van der Waals surface area (Å²) in [6.45, 7) is 6.25. The van der Waals surface area contributed by atoms with Crippen molar-refractivity contribution in [1.82, 2.24) is 0 Å². The third-order valence-electron chi connectivity index (χ3n) is 1.18. The van der Waals surface area contributed by atoms with Crippen molar-refractivity contribution in [1.29, 1.82) is 0 Å². The molecule has 52 valence electrons. The van der Waals surface area contributed by atoms with Crippen molar-refractivity contribution in [2.24, 2.45) is 0 Å². The summed E-state index contributed by atoms with van der Waals surface area (Å²) in [6.07, 6.45) is 6.19. The van der Waals surface area contributed by atoms with Gasteiger partial charge in [-0.05, 0) is 20.8 Å². The highest BCUT2D eigenvalue weighted by atomic mass is 79.9. The van der Waals surface area contributed by atoms with E-state index in [2.05, 4.69) is 35.9 Å². The highest BCUT2D eigenvalue weighted by Gasteiger charge is 1.93. The van der Waals surface area contributed by atoms with Crippen LogP contribution in [0.1, 0.15) is 20.8 Å². The summed E-state index contributed by atoms with van der Waals surface area (Å²) in [7, 11) is 0. The minimum Gasteiger partial charge on any atom is -0.0877 e. The summed E-state index contributed by atoms with van der Waals surface area (Å²) in [6, 6.07) is 0. The number of hydrogen-bond acceptors (Lipinski definition) is 0. The molecule has 0 aliphatic heterocycles. The van der Waals surface area contributed by atoms with Gasteiger partial charge in [-0.3, -0.25) is 0 Å². The number of alkyl halides is 1. The van der Waals surface area contributed by atoms with Crippen LogP contribution in [0.4, 0.5) is 0 Å². The van der Waals surface area contributed by atoms with Crippen molar-refractivity contribution in [3.63, 3.8) is 0 Å². The topological polar surface area (TPSA) is 0 Å². The Kier molecular flexibility index (Phi) is 4.78. The Morgan fingerprint density at radius 1 is 1.56 bits per heavy atom. The Labute approximate surface area is 65.8 Å². The molecule has 0 radical (unpaired) electrons. The van der Waals surface area contributed by atoms with Crippen LogP contribution in [0.3, 0.4) is 0 Å². The second-order valence-corrected chi connectivity index (χ2v) is 3.43. The summed E-state index contributed by atoms with van der Waals surface area (Å²) in [5.41, 5.74) is 1.35. The van der Waals surface area contributed by atoms with Gasteiger partial charge in [-0.25, -0.2) is 0 Å². The van der Waals surface area contributed by atoms with Crippen LogP contribution in [0.2, 0.25) is 0 Å². The number of rotatable bonds is 2. The summed E-state index contributed by atoms with van der Waals surface area (Å²) < 4.78 is 0. The first-order valence-electron chi connectivity index (χ1n) is 3.12. The SMILES string of the molecule is CC=CC=C(C)C(C)Br. The number of halogens is 1. The number of allylic oxidation sites excluding steroid dienone is 4. The quantitative estimate of drug-likeness (QED) is 0.461. The lowest BCUT2D eigenvalue weighted by Crippen LogP contribution is -1.89. The molecule has 0 N–H and O–H groups in total. The van der Waals surface area contributed by atoms with Gasteiger partial charge >= 0.3 is 0 Å². The van der Waals surface area contributed by atoms with Gasteiger partial charge in [-0.1, -0.05) is 39.7 Å². The second kappa shape index (κ2) is 4.80. The molecule has 0 saturated carbocycles. The largest absolute Gasteiger partial charge is 0.0877 e. The molecule has 0 rings (SSSR count). The average molecular weight is 189 g/mol. The molecule has 1 atom stereocenters. The molecule has 0 bridgehead atoms. The summed E-state index contributed by atoms with van der Waals surface area (Å²) in [4.78, 5) is 0.494. The molecular weight excluding hydrogens is 176 g/mol. The van der Waals surface area contributed by atoms with E-state index in [0.29, 0.717) is 4.83 Å². The zero-order valence-corrected chi connectivity index (χ0v) is 7.77. The second-order valence-electron chi connectivity index (χ2n) is 2.05. The molecule has 0 fully saturated rings. The molecule has 9 heavy (non-hydrogen) atoms. The summed E-state index contributed by atoms with van der Waals surface area (Å²) in [5.74, 6) is 0. The van der Waals surface area contributed by atoms with Gasteiger partial charge in [0.25, 0.3) is 0 Å². The van der Waals surface area contributed by atoms with Gasteiger partial charge in [-0.15, -0.1) is 0 Å². The van der Waals surface area contributed by atoms with Crippen LogP contribution in [0.15, 0.2) is 23.8 Å². The standard InChI is InChI=1S/C8H13Br/c1-4-5-6-7(2)8(3)9/h4-6,8H,1-3H3. The van der Waals surface area contributed by atoms with Gasteiger partial charge < -0.3 is 0 Å². The maximum Gasteiger partial charge on any atom is 0.0326 e. The fourth-order valence-electron chi connectivity index (χ4n) is 0.381. The lowest BCUT2D eigenvalue weighted by molar-refractivity contribution is 1.14. The molecule has 0 aromatic carbocycles. The molecule has 0 aromatic heterocycles. The van der Waals surface area contributed by atoms with Crippen molar-refractivity contribution in [2.45, 2.75) is 25.6 Å². The molecular formula is C8H13Br. The fraction of sp³-hybridized carbons (Fsp3) is 0.500. The van der Waals surface area contributed by atoms with Crippen molar-refractivity contribution in [3.05, 3.63) is 23.8 Å². The van der Waals surface area contributed by atoms with Gasteiger partial charge in [-0.2, -0.15) is 0 Å². The number of hydrogen-bond donors (Lipinski definition) is 0. The van der Waals surface area contributed by atoms with Crippen molar-refractivity contribution >= 4 is 15.9 Å². The maximum atomic E-state index is 3.47. The molecule has 0 aliphatic rings. The Balaban J connectivity index is 3.84. The van der Waals surface area contributed by atoms with Crippen LogP contribution in [-0.2, 0) is 0 Å². The predicted molar refractivity (Wildman–Crippen MR) is 47.0 cm³/mol. The van der Waals surface area contributed by atoms with Crippen LogP contribution in [-0.4, -0.2) is 4.83 Å². The van der Waals surface area contributed by atoms with Gasteiger partial charge in [0.1, 0.15) is 0 Å². The van der Waals surface area contributed by atoms with Crippen LogP contribution >= 0.6 is 15.9 Å². The lowest BCUT2D eigenvalue weighted by atomic mass is 10.2. The zero-order valence-electron chi connectivity index (χ0n) is 6.19. The Bertz CT molecular complexity index is 121. The third-order valence-corrected chi connectivity index (χ3v) is 1.90. The van der Waals surface area contributed by atoms with E-state index in [0.717, 1.165) is 0 Å².